The van der Waals surface area contributed by atoms with Gasteiger partial charge >= 0.3 is 6.18 Å². The van der Waals surface area contributed by atoms with Crippen LogP contribution in [0.5, 0.6) is 5.75 Å². The summed E-state index contributed by atoms with van der Waals surface area (Å²) in [5, 5.41) is 8.86. The minimum absolute atomic E-state index is 0.0840. The van der Waals surface area contributed by atoms with Gasteiger partial charge in [0.15, 0.2) is 5.82 Å². The standard InChI is InChI=1S/C35H35F3N6O4/c1-5-48-23(3)31-30(20-41-44(34(31)46)21-24-8-11-28(47-4)12-9-24)42-22(2)7-6-15-43-16-14-25-17-26(10-13-29(25)33(43)45)32-39-18-27(19-40-32)35(36,37)38/h8-14,16-20,22,42H,3,5-7,15,21H2,1-2,4H3/t22-/m0/s1. The van der Waals surface area contributed by atoms with Gasteiger partial charge in [0.1, 0.15) is 17.1 Å². The third kappa shape index (κ3) is 7.73. The summed E-state index contributed by atoms with van der Waals surface area (Å²) in [7, 11) is 1.59. The fourth-order valence-corrected chi connectivity index (χ4v) is 5.26. The summed E-state index contributed by atoms with van der Waals surface area (Å²) in [6, 6.07) is 14.0. The smallest absolute Gasteiger partial charge is 0.419 e. The van der Waals surface area contributed by atoms with E-state index in [1.54, 1.807) is 48.3 Å². The van der Waals surface area contributed by atoms with Crippen LogP contribution in [0.15, 0.2) is 89.5 Å². The van der Waals surface area contributed by atoms with Crippen LogP contribution >= 0.6 is 0 Å². The van der Waals surface area contributed by atoms with Crippen molar-refractivity contribution in [1.29, 1.82) is 0 Å². The molecule has 13 heteroatoms. The van der Waals surface area contributed by atoms with Crippen LogP contribution in [0.4, 0.5) is 18.9 Å². The highest BCUT2D eigenvalue weighted by molar-refractivity contribution is 5.85. The highest BCUT2D eigenvalue weighted by Gasteiger charge is 2.31. The van der Waals surface area contributed by atoms with Gasteiger partial charge in [-0.15, -0.1) is 0 Å². The zero-order valence-corrected chi connectivity index (χ0v) is 26.8. The number of halogens is 3. The molecule has 0 fully saturated rings. The Labute approximate surface area is 274 Å². The van der Waals surface area contributed by atoms with E-state index in [0.717, 1.165) is 18.0 Å². The lowest BCUT2D eigenvalue weighted by Crippen LogP contribution is -2.29. The molecule has 0 amide bonds. The van der Waals surface area contributed by atoms with Crippen LogP contribution < -0.4 is 21.2 Å². The molecule has 0 aliphatic rings. The first kappa shape index (κ1) is 33.9. The minimum atomic E-state index is -4.52. The number of hydrogen-bond acceptors (Lipinski definition) is 8. The summed E-state index contributed by atoms with van der Waals surface area (Å²) in [6.07, 6.45) is 1.57. The number of aryl methyl sites for hydroxylation is 1. The van der Waals surface area contributed by atoms with Gasteiger partial charge in [-0.3, -0.25) is 9.59 Å². The van der Waals surface area contributed by atoms with Gasteiger partial charge in [0.2, 0.25) is 0 Å². The molecule has 0 radical (unpaired) electrons. The lowest BCUT2D eigenvalue weighted by Gasteiger charge is -2.19. The first-order chi connectivity index (χ1) is 23.0. The number of nitrogens with one attached hydrogen (secondary N) is 1. The summed E-state index contributed by atoms with van der Waals surface area (Å²) in [5.41, 5.74) is 0.740. The monoisotopic (exact) mass is 660 g/mol. The largest absolute Gasteiger partial charge is 0.497 e. The number of rotatable bonds is 13. The van der Waals surface area contributed by atoms with Crippen LogP contribution in [0.1, 0.15) is 43.4 Å². The Morgan fingerprint density at radius 1 is 1.02 bits per heavy atom. The predicted octanol–water partition coefficient (Wildman–Crippen LogP) is 6.38. The van der Waals surface area contributed by atoms with Crippen molar-refractivity contribution < 1.29 is 22.6 Å². The Kier molecular flexibility index (Phi) is 10.3. The van der Waals surface area contributed by atoms with Crippen LogP contribution in [-0.2, 0) is 24.0 Å². The quantitative estimate of drug-likeness (QED) is 0.145. The van der Waals surface area contributed by atoms with E-state index in [0.29, 0.717) is 59.3 Å². The molecule has 3 aromatic heterocycles. The Morgan fingerprint density at radius 2 is 1.75 bits per heavy atom. The van der Waals surface area contributed by atoms with Crippen molar-refractivity contribution in [2.45, 2.75) is 52.0 Å². The van der Waals surface area contributed by atoms with Crippen molar-refractivity contribution in [3.05, 3.63) is 117 Å². The first-order valence-corrected chi connectivity index (χ1v) is 15.3. The summed E-state index contributed by atoms with van der Waals surface area (Å²) < 4.78 is 52.4. The molecule has 1 atom stereocenters. The maximum atomic E-state index is 13.5. The van der Waals surface area contributed by atoms with Crippen molar-refractivity contribution in [2.24, 2.45) is 0 Å². The lowest BCUT2D eigenvalue weighted by atomic mass is 10.1. The minimum Gasteiger partial charge on any atom is -0.497 e. The van der Waals surface area contributed by atoms with Crippen LogP contribution in [0.25, 0.3) is 27.9 Å². The van der Waals surface area contributed by atoms with Crippen molar-refractivity contribution >= 4 is 22.2 Å². The molecule has 0 spiro atoms. The van der Waals surface area contributed by atoms with Crippen molar-refractivity contribution in [2.75, 3.05) is 19.0 Å². The normalized spacial score (nSPS) is 12.1. The molecule has 0 unspecified atom stereocenters. The number of fused-ring (bicyclic) bond motifs is 1. The van der Waals surface area contributed by atoms with Gasteiger partial charge in [0, 0.05) is 42.1 Å². The van der Waals surface area contributed by atoms with Crippen molar-refractivity contribution in [3.63, 3.8) is 0 Å². The lowest BCUT2D eigenvalue weighted by molar-refractivity contribution is -0.138. The summed E-state index contributed by atoms with van der Waals surface area (Å²) in [6.45, 7) is 8.83. The number of benzene rings is 2. The summed E-state index contributed by atoms with van der Waals surface area (Å²) >= 11 is 0. The summed E-state index contributed by atoms with van der Waals surface area (Å²) in [4.78, 5) is 34.4. The summed E-state index contributed by atoms with van der Waals surface area (Å²) in [5.74, 6) is 1.10. The molecule has 2 aromatic carbocycles. The maximum absolute atomic E-state index is 13.5. The van der Waals surface area contributed by atoms with E-state index in [9.17, 15) is 22.8 Å². The number of nitrogens with zero attached hydrogens (tertiary/aromatic N) is 5. The second-order valence-electron chi connectivity index (χ2n) is 11.2. The number of methoxy groups -OCH3 is 1. The number of alkyl halides is 3. The van der Waals surface area contributed by atoms with E-state index in [-0.39, 0.29) is 35.3 Å². The van der Waals surface area contributed by atoms with Crippen LogP contribution in [0, 0.1) is 0 Å². The molecular formula is C35H35F3N6O4. The topological polar surface area (TPSA) is 113 Å². The highest BCUT2D eigenvalue weighted by atomic mass is 19.4. The fourth-order valence-electron chi connectivity index (χ4n) is 5.26. The zero-order chi connectivity index (χ0) is 34.4. The molecule has 5 rings (SSSR count). The molecule has 10 nitrogen and oxygen atoms in total. The zero-order valence-electron chi connectivity index (χ0n) is 26.8. The van der Waals surface area contributed by atoms with Gasteiger partial charge in [-0.1, -0.05) is 24.8 Å². The maximum Gasteiger partial charge on any atom is 0.419 e. The average Bonchev–Trinajstić information content (AvgIpc) is 3.07. The molecule has 5 aromatic rings. The number of hydrogen-bond donors (Lipinski definition) is 1. The van der Waals surface area contributed by atoms with Crippen molar-refractivity contribution in [3.8, 4) is 17.1 Å². The molecule has 250 valence electrons. The van der Waals surface area contributed by atoms with Crippen LogP contribution in [0.3, 0.4) is 0 Å². The number of aromatic nitrogens is 5. The molecule has 0 bridgehead atoms. The van der Waals surface area contributed by atoms with Gasteiger partial charge < -0.3 is 19.4 Å². The van der Waals surface area contributed by atoms with Crippen LogP contribution in [-0.4, -0.2) is 44.1 Å². The van der Waals surface area contributed by atoms with E-state index in [1.807, 2.05) is 38.1 Å². The van der Waals surface area contributed by atoms with E-state index < -0.39 is 11.7 Å². The van der Waals surface area contributed by atoms with Crippen LogP contribution in [0.2, 0.25) is 0 Å². The molecular weight excluding hydrogens is 625 g/mol. The average molecular weight is 661 g/mol. The first-order valence-electron chi connectivity index (χ1n) is 15.3. The number of ether oxygens (including phenoxy) is 2. The second kappa shape index (κ2) is 14.5. The number of anilines is 1. The molecule has 0 saturated carbocycles. The Hall–Kier alpha value is -5.46. The Morgan fingerprint density at radius 3 is 2.42 bits per heavy atom. The van der Waals surface area contributed by atoms with Crippen molar-refractivity contribution in [1.82, 2.24) is 24.3 Å². The van der Waals surface area contributed by atoms with Gasteiger partial charge in [-0.2, -0.15) is 18.3 Å². The second-order valence-corrected chi connectivity index (χ2v) is 11.2. The Bertz CT molecular complexity index is 2020. The molecule has 1 N–H and O–H groups in total. The molecule has 0 aliphatic heterocycles. The SMILES string of the molecule is C=C(OCC)c1c(N[C@@H](C)CCCn2ccc3cc(-c4ncc(C(F)(F)F)cn4)ccc3c2=O)cnn(Cc2ccc(OC)cc2)c1=O. The Balaban J connectivity index is 1.25. The van der Waals surface area contributed by atoms with E-state index >= 15 is 0 Å². The molecule has 0 aliphatic carbocycles. The van der Waals surface area contributed by atoms with Gasteiger partial charge in [0.25, 0.3) is 11.1 Å². The van der Waals surface area contributed by atoms with Gasteiger partial charge in [-0.05, 0) is 68.0 Å². The van der Waals surface area contributed by atoms with E-state index in [2.05, 4.69) is 27.0 Å². The number of pyridine rings is 1. The third-order valence-corrected chi connectivity index (χ3v) is 7.78. The van der Waals surface area contributed by atoms with Gasteiger partial charge in [-0.25, -0.2) is 14.6 Å². The van der Waals surface area contributed by atoms with E-state index in [1.165, 1.54) is 4.68 Å². The van der Waals surface area contributed by atoms with Gasteiger partial charge in [0.05, 0.1) is 37.7 Å². The fraction of sp³-hybridized carbons (Fsp3) is 0.286. The molecule has 3 heterocycles. The molecule has 48 heavy (non-hydrogen) atoms. The predicted molar refractivity (Wildman–Crippen MR) is 178 cm³/mol. The molecule has 0 saturated heterocycles. The highest BCUT2D eigenvalue weighted by Crippen LogP contribution is 2.29. The third-order valence-electron chi connectivity index (χ3n) is 7.78. The van der Waals surface area contributed by atoms with E-state index in [4.69, 9.17) is 9.47 Å².